The SMILES string of the molecule is CCCC(NCc1cc(C)c(C)cc1C)c1ccccc1. The van der Waals surface area contributed by atoms with Crippen LogP contribution < -0.4 is 5.32 Å². The summed E-state index contributed by atoms with van der Waals surface area (Å²) in [7, 11) is 0. The lowest BCUT2D eigenvalue weighted by molar-refractivity contribution is 0.493. The zero-order valence-electron chi connectivity index (χ0n) is 13.7. The van der Waals surface area contributed by atoms with Gasteiger partial charge in [0.25, 0.3) is 0 Å². The normalized spacial score (nSPS) is 12.4. The molecule has 0 heterocycles. The van der Waals surface area contributed by atoms with E-state index in [4.69, 9.17) is 0 Å². The summed E-state index contributed by atoms with van der Waals surface area (Å²) in [6.45, 7) is 9.77. The Labute approximate surface area is 129 Å². The van der Waals surface area contributed by atoms with Gasteiger partial charge in [0.05, 0.1) is 0 Å². The van der Waals surface area contributed by atoms with Gasteiger partial charge in [0.1, 0.15) is 0 Å². The molecule has 1 atom stereocenters. The molecule has 2 aromatic carbocycles. The number of hydrogen-bond acceptors (Lipinski definition) is 1. The highest BCUT2D eigenvalue weighted by Gasteiger charge is 2.10. The van der Waals surface area contributed by atoms with E-state index < -0.39 is 0 Å². The van der Waals surface area contributed by atoms with E-state index in [9.17, 15) is 0 Å². The molecule has 1 nitrogen and oxygen atoms in total. The van der Waals surface area contributed by atoms with E-state index in [2.05, 4.69) is 75.5 Å². The molecule has 0 amide bonds. The summed E-state index contributed by atoms with van der Waals surface area (Å²) >= 11 is 0. The van der Waals surface area contributed by atoms with Crippen molar-refractivity contribution in [2.45, 2.75) is 53.1 Å². The van der Waals surface area contributed by atoms with Crippen molar-refractivity contribution in [3.05, 3.63) is 70.3 Å². The maximum atomic E-state index is 3.74. The Hall–Kier alpha value is -1.60. The van der Waals surface area contributed by atoms with Crippen LogP contribution in [-0.4, -0.2) is 0 Å². The molecule has 0 aliphatic heterocycles. The predicted octanol–water partition coefficient (Wildman–Crippen LogP) is 5.24. The second kappa shape index (κ2) is 7.42. The molecule has 1 heteroatoms. The quantitative estimate of drug-likeness (QED) is 0.763. The molecule has 0 aliphatic carbocycles. The number of rotatable bonds is 6. The van der Waals surface area contributed by atoms with Gasteiger partial charge in [-0.25, -0.2) is 0 Å². The van der Waals surface area contributed by atoms with E-state index in [1.807, 2.05) is 0 Å². The van der Waals surface area contributed by atoms with Gasteiger partial charge in [-0.15, -0.1) is 0 Å². The van der Waals surface area contributed by atoms with Gasteiger partial charge < -0.3 is 5.32 Å². The fourth-order valence-corrected chi connectivity index (χ4v) is 2.80. The van der Waals surface area contributed by atoms with Crippen molar-refractivity contribution in [3.8, 4) is 0 Å². The number of aryl methyl sites for hydroxylation is 3. The third-order valence-electron chi connectivity index (χ3n) is 4.27. The number of nitrogens with one attached hydrogen (secondary N) is 1. The standard InChI is InChI=1S/C20H27N/c1-5-9-20(18-10-7-6-8-11-18)21-14-19-13-16(3)15(2)12-17(19)4/h6-8,10-13,20-21H,5,9,14H2,1-4H3. The lowest BCUT2D eigenvalue weighted by Gasteiger charge is -2.20. The van der Waals surface area contributed by atoms with Crippen molar-refractivity contribution in [2.24, 2.45) is 0 Å². The van der Waals surface area contributed by atoms with Crippen molar-refractivity contribution in [1.82, 2.24) is 5.32 Å². The van der Waals surface area contributed by atoms with Crippen LogP contribution in [0.2, 0.25) is 0 Å². The van der Waals surface area contributed by atoms with E-state index in [0.29, 0.717) is 6.04 Å². The molecule has 112 valence electrons. The van der Waals surface area contributed by atoms with Crippen LogP contribution in [0.5, 0.6) is 0 Å². The van der Waals surface area contributed by atoms with Crippen LogP contribution in [0.1, 0.15) is 53.6 Å². The van der Waals surface area contributed by atoms with Crippen molar-refractivity contribution in [2.75, 3.05) is 0 Å². The highest BCUT2D eigenvalue weighted by Crippen LogP contribution is 2.20. The fraction of sp³-hybridized carbons (Fsp3) is 0.400. The van der Waals surface area contributed by atoms with Crippen molar-refractivity contribution < 1.29 is 0 Å². The second-order valence-corrected chi connectivity index (χ2v) is 6.00. The number of hydrogen-bond donors (Lipinski definition) is 1. The van der Waals surface area contributed by atoms with E-state index in [-0.39, 0.29) is 0 Å². The molecule has 2 aromatic rings. The van der Waals surface area contributed by atoms with Gasteiger partial charge >= 0.3 is 0 Å². The summed E-state index contributed by atoms with van der Waals surface area (Å²) in [4.78, 5) is 0. The second-order valence-electron chi connectivity index (χ2n) is 6.00. The summed E-state index contributed by atoms with van der Waals surface area (Å²) in [6, 6.07) is 15.8. The van der Waals surface area contributed by atoms with Crippen LogP contribution in [0.4, 0.5) is 0 Å². The smallest absolute Gasteiger partial charge is 0.0323 e. The van der Waals surface area contributed by atoms with Crippen molar-refractivity contribution in [1.29, 1.82) is 0 Å². The third kappa shape index (κ3) is 4.18. The van der Waals surface area contributed by atoms with E-state index in [0.717, 1.165) is 6.54 Å². The van der Waals surface area contributed by atoms with Gasteiger partial charge in [-0.05, 0) is 55.0 Å². The van der Waals surface area contributed by atoms with Gasteiger partial charge in [0.15, 0.2) is 0 Å². The van der Waals surface area contributed by atoms with Crippen LogP contribution in [0, 0.1) is 20.8 Å². The maximum absolute atomic E-state index is 3.74. The fourth-order valence-electron chi connectivity index (χ4n) is 2.80. The van der Waals surface area contributed by atoms with Gasteiger partial charge in [0.2, 0.25) is 0 Å². The Morgan fingerprint density at radius 1 is 0.905 bits per heavy atom. The van der Waals surface area contributed by atoms with Crippen LogP contribution in [0.3, 0.4) is 0 Å². The maximum Gasteiger partial charge on any atom is 0.0323 e. The highest BCUT2D eigenvalue weighted by atomic mass is 14.9. The molecule has 0 saturated carbocycles. The summed E-state index contributed by atoms with van der Waals surface area (Å²) in [6.07, 6.45) is 2.37. The van der Waals surface area contributed by atoms with E-state index in [1.165, 1.54) is 40.7 Å². The third-order valence-corrected chi connectivity index (χ3v) is 4.27. The monoisotopic (exact) mass is 281 g/mol. The molecular weight excluding hydrogens is 254 g/mol. The highest BCUT2D eigenvalue weighted by molar-refractivity contribution is 5.36. The summed E-state index contributed by atoms with van der Waals surface area (Å²) in [5.41, 5.74) is 6.94. The Morgan fingerprint density at radius 3 is 2.24 bits per heavy atom. The molecule has 1 unspecified atom stereocenters. The van der Waals surface area contributed by atoms with Crippen molar-refractivity contribution >= 4 is 0 Å². The van der Waals surface area contributed by atoms with Crippen molar-refractivity contribution in [3.63, 3.8) is 0 Å². The molecule has 0 bridgehead atoms. The van der Waals surface area contributed by atoms with Gasteiger partial charge in [0, 0.05) is 12.6 Å². The molecule has 0 spiro atoms. The Balaban J connectivity index is 2.11. The zero-order chi connectivity index (χ0) is 15.2. The minimum absolute atomic E-state index is 0.442. The molecule has 21 heavy (non-hydrogen) atoms. The summed E-state index contributed by atoms with van der Waals surface area (Å²) in [5, 5.41) is 3.74. The molecule has 0 radical (unpaired) electrons. The first-order chi connectivity index (χ1) is 10.1. The lowest BCUT2D eigenvalue weighted by atomic mass is 9.99. The Bertz CT molecular complexity index is 572. The Morgan fingerprint density at radius 2 is 1.57 bits per heavy atom. The largest absolute Gasteiger partial charge is 0.306 e. The molecule has 0 aromatic heterocycles. The summed E-state index contributed by atoms with van der Waals surface area (Å²) < 4.78 is 0. The summed E-state index contributed by atoms with van der Waals surface area (Å²) in [5.74, 6) is 0. The van der Waals surface area contributed by atoms with Crippen LogP contribution in [-0.2, 0) is 6.54 Å². The topological polar surface area (TPSA) is 12.0 Å². The average Bonchev–Trinajstić information content (AvgIpc) is 2.49. The molecule has 2 rings (SSSR count). The van der Waals surface area contributed by atoms with E-state index >= 15 is 0 Å². The predicted molar refractivity (Wildman–Crippen MR) is 91.6 cm³/mol. The molecule has 0 saturated heterocycles. The number of benzene rings is 2. The molecule has 1 N–H and O–H groups in total. The molecule has 0 aliphatic rings. The first-order valence-electron chi connectivity index (χ1n) is 7.97. The van der Waals surface area contributed by atoms with Crippen LogP contribution >= 0.6 is 0 Å². The first-order valence-corrected chi connectivity index (χ1v) is 7.97. The molecule has 0 fully saturated rings. The Kier molecular flexibility index (Phi) is 5.58. The van der Waals surface area contributed by atoms with Gasteiger partial charge in [-0.1, -0.05) is 55.8 Å². The first kappa shape index (κ1) is 15.8. The van der Waals surface area contributed by atoms with Gasteiger partial charge in [-0.2, -0.15) is 0 Å². The van der Waals surface area contributed by atoms with E-state index in [1.54, 1.807) is 0 Å². The molecular formula is C20H27N. The zero-order valence-corrected chi connectivity index (χ0v) is 13.7. The minimum atomic E-state index is 0.442. The van der Waals surface area contributed by atoms with Crippen LogP contribution in [0.15, 0.2) is 42.5 Å². The van der Waals surface area contributed by atoms with Crippen LogP contribution in [0.25, 0.3) is 0 Å². The van der Waals surface area contributed by atoms with Gasteiger partial charge in [-0.3, -0.25) is 0 Å². The lowest BCUT2D eigenvalue weighted by Crippen LogP contribution is -2.21. The average molecular weight is 281 g/mol. The minimum Gasteiger partial charge on any atom is -0.306 e.